The van der Waals surface area contributed by atoms with Crippen molar-refractivity contribution in [1.82, 2.24) is 0 Å². The number of rotatable bonds is 8. The summed E-state index contributed by atoms with van der Waals surface area (Å²) in [6, 6.07) is 13.3. The number of anilines is 2. The lowest BCUT2D eigenvalue weighted by Gasteiger charge is -2.22. The molecule has 0 unspecified atom stereocenters. The summed E-state index contributed by atoms with van der Waals surface area (Å²) in [5.41, 5.74) is 4.61. The second kappa shape index (κ2) is 9.04. The number of sulfonamides is 1. The number of aryl methyl sites for hydroxylation is 3. The number of carbonyl (C=O) groups is 1. The van der Waals surface area contributed by atoms with Crippen LogP contribution in [0.3, 0.4) is 0 Å². The van der Waals surface area contributed by atoms with E-state index in [0.29, 0.717) is 12.1 Å². The van der Waals surface area contributed by atoms with E-state index in [4.69, 9.17) is 0 Å². The first-order valence-electron chi connectivity index (χ1n) is 9.15. The molecule has 1 N–H and O–H groups in total. The molecule has 5 nitrogen and oxygen atoms in total. The largest absolute Gasteiger partial charge is 0.326 e. The van der Waals surface area contributed by atoms with Gasteiger partial charge in [-0.1, -0.05) is 37.3 Å². The third kappa shape index (κ3) is 5.82. The second-order valence-electron chi connectivity index (χ2n) is 6.79. The molecule has 0 aliphatic rings. The Bertz CT molecular complexity index is 907. The smallest absolute Gasteiger partial charge is 0.232 e. The first kappa shape index (κ1) is 21.0. The minimum absolute atomic E-state index is 0.100. The third-order valence-electron chi connectivity index (χ3n) is 4.46. The number of hydrogen-bond acceptors (Lipinski definition) is 3. The van der Waals surface area contributed by atoms with Gasteiger partial charge in [-0.25, -0.2) is 8.42 Å². The Morgan fingerprint density at radius 3 is 2.44 bits per heavy atom. The molecular formula is C21H28N2O3S. The standard InChI is InChI=1S/C21H28N2O3S/c1-5-18-11-7-10-17(3)21(18)22-20(24)13-8-14-23(27(4,25)26)19-12-6-9-16(2)15-19/h6-7,9-12,15H,5,8,13-14H2,1-4H3,(H,22,24). The first-order chi connectivity index (χ1) is 12.7. The van der Waals surface area contributed by atoms with Crippen LogP contribution in [0, 0.1) is 13.8 Å². The highest BCUT2D eigenvalue weighted by atomic mass is 32.2. The SMILES string of the molecule is CCc1cccc(C)c1NC(=O)CCCN(c1cccc(C)c1)S(C)(=O)=O. The van der Waals surface area contributed by atoms with Crippen molar-refractivity contribution in [2.24, 2.45) is 0 Å². The Morgan fingerprint density at radius 2 is 1.81 bits per heavy atom. The molecule has 0 radical (unpaired) electrons. The molecule has 0 aromatic heterocycles. The van der Waals surface area contributed by atoms with Gasteiger partial charge in [0, 0.05) is 18.7 Å². The van der Waals surface area contributed by atoms with Crippen molar-refractivity contribution >= 4 is 27.3 Å². The number of amides is 1. The molecule has 146 valence electrons. The zero-order valence-electron chi connectivity index (χ0n) is 16.5. The summed E-state index contributed by atoms with van der Waals surface area (Å²) in [7, 11) is -3.41. The number of para-hydroxylation sites is 1. The molecule has 6 heteroatoms. The maximum absolute atomic E-state index is 12.4. The topological polar surface area (TPSA) is 66.5 Å². The molecule has 0 fully saturated rings. The lowest BCUT2D eigenvalue weighted by molar-refractivity contribution is -0.116. The normalized spacial score (nSPS) is 11.3. The highest BCUT2D eigenvalue weighted by Crippen LogP contribution is 2.22. The molecule has 27 heavy (non-hydrogen) atoms. The molecular weight excluding hydrogens is 360 g/mol. The van der Waals surface area contributed by atoms with Crippen molar-refractivity contribution in [3.05, 3.63) is 59.2 Å². The molecule has 0 heterocycles. The Balaban J connectivity index is 2.02. The summed E-state index contributed by atoms with van der Waals surface area (Å²) in [6.45, 7) is 6.21. The fraction of sp³-hybridized carbons (Fsp3) is 0.381. The molecule has 1 amide bonds. The van der Waals surface area contributed by atoms with Crippen molar-refractivity contribution in [2.45, 2.75) is 40.0 Å². The number of benzene rings is 2. The minimum atomic E-state index is -3.41. The predicted molar refractivity (Wildman–Crippen MR) is 112 cm³/mol. The molecule has 0 atom stereocenters. The van der Waals surface area contributed by atoms with Crippen LogP contribution >= 0.6 is 0 Å². The van der Waals surface area contributed by atoms with Gasteiger partial charge in [0.2, 0.25) is 15.9 Å². The van der Waals surface area contributed by atoms with Crippen LogP contribution in [0.15, 0.2) is 42.5 Å². The van der Waals surface area contributed by atoms with Gasteiger partial charge in [-0.3, -0.25) is 9.10 Å². The van der Waals surface area contributed by atoms with Gasteiger partial charge < -0.3 is 5.32 Å². The number of nitrogens with zero attached hydrogens (tertiary/aromatic N) is 1. The summed E-state index contributed by atoms with van der Waals surface area (Å²) < 4.78 is 25.7. The molecule has 0 saturated carbocycles. The number of hydrogen-bond donors (Lipinski definition) is 1. The molecule has 2 aromatic rings. The molecule has 0 aliphatic heterocycles. The monoisotopic (exact) mass is 388 g/mol. The zero-order valence-corrected chi connectivity index (χ0v) is 17.3. The van der Waals surface area contributed by atoms with E-state index < -0.39 is 10.0 Å². The van der Waals surface area contributed by atoms with Gasteiger partial charge in [0.05, 0.1) is 11.9 Å². The minimum Gasteiger partial charge on any atom is -0.326 e. The van der Waals surface area contributed by atoms with E-state index in [-0.39, 0.29) is 18.9 Å². The van der Waals surface area contributed by atoms with Crippen LogP contribution in [0.5, 0.6) is 0 Å². The fourth-order valence-corrected chi connectivity index (χ4v) is 4.01. The van der Waals surface area contributed by atoms with Gasteiger partial charge in [0.15, 0.2) is 0 Å². The molecule has 0 aliphatic carbocycles. The molecule has 0 bridgehead atoms. The number of nitrogens with one attached hydrogen (secondary N) is 1. The summed E-state index contributed by atoms with van der Waals surface area (Å²) in [5, 5.41) is 2.98. The Labute approximate surface area is 162 Å². The highest BCUT2D eigenvalue weighted by Gasteiger charge is 2.18. The molecule has 2 rings (SSSR count). The van der Waals surface area contributed by atoms with Crippen molar-refractivity contribution in [3.8, 4) is 0 Å². The van der Waals surface area contributed by atoms with Gasteiger partial charge in [-0.15, -0.1) is 0 Å². The second-order valence-corrected chi connectivity index (χ2v) is 8.70. The average Bonchev–Trinajstić information content (AvgIpc) is 2.59. The summed E-state index contributed by atoms with van der Waals surface area (Å²) in [5.74, 6) is -0.100. The Hall–Kier alpha value is -2.34. The van der Waals surface area contributed by atoms with E-state index in [9.17, 15) is 13.2 Å². The van der Waals surface area contributed by atoms with Crippen LogP contribution in [0.4, 0.5) is 11.4 Å². The van der Waals surface area contributed by atoms with Gasteiger partial charge in [0.25, 0.3) is 0 Å². The van der Waals surface area contributed by atoms with Crippen LogP contribution in [0.2, 0.25) is 0 Å². The van der Waals surface area contributed by atoms with Crippen molar-refractivity contribution in [1.29, 1.82) is 0 Å². The summed E-state index contributed by atoms with van der Waals surface area (Å²) >= 11 is 0. The quantitative estimate of drug-likeness (QED) is 0.742. The lowest BCUT2D eigenvalue weighted by Crippen LogP contribution is -2.31. The van der Waals surface area contributed by atoms with E-state index >= 15 is 0 Å². The first-order valence-corrected chi connectivity index (χ1v) is 11.0. The van der Waals surface area contributed by atoms with E-state index in [1.807, 2.05) is 50.2 Å². The average molecular weight is 389 g/mol. The highest BCUT2D eigenvalue weighted by molar-refractivity contribution is 7.92. The van der Waals surface area contributed by atoms with Crippen LogP contribution in [-0.2, 0) is 21.2 Å². The summed E-state index contributed by atoms with van der Waals surface area (Å²) in [6.07, 6.45) is 2.73. The van der Waals surface area contributed by atoms with E-state index in [1.165, 1.54) is 10.6 Å². The maximum atomic E-state index is 12.4. The lowest BCUT2D eigenvalue weighted by atomic mass is 10.1. The third-order valence-corrected chi connectivity index (χ3v) is 5.65. The maximum Gasteiger partial charge on any atom is 0.232 e. The van der Waals surface area contributed by atoms with Crippen molar-refractivity contribution < 1.29 is 13.2 Å². The van der Waals surface area contributed by atoms with Crippen molar-refractivity contribution in [3.63, 3.8) is 0 Å². The zero-order chi connectivity index (χ0) is 20.0. The Morgan fingerprint density at radius 1 is 1.11 bits per heavy atom. The van der Waals surface area contributed by atoms with E-state index in [0.717, 1.165) is 28.8 Å². The van der Waals surface area contributed by atoms with E-state index in [1.54, 1.807) is 6.07 Å². The predicted octanol–water partition coefficient (Wildman–Crippen LogP) is 4.05. The number of carbonyl (C=O) groups excluding carboxylic acids is 1. The van der Waals surface area contributed by atoms with Crippen LogP contribution in [0.1, 0.15) is 36.5 Å². The molecule has 2 aromatic carbocycles. The van der Waals surface area contributed by atoms with Gasteiger partial charge in [0.1, 0.15) is 0 Å². The van der Waals surface area contributed by atoms with Crippen LogP contribution in [-0.4, -0.2) is 27.1 Å². The molecule has 0 spiro atoms. The molecule has 0 saturated heterocycles. The Kier molecular flexibility index (Phi) is 7.02. The fourth-order valence-electron chi connectivity index (χ4n) is 3.06. The van der Waals surface area contributed by atoms with Gasteiger partial charge >= 0.3 is 0 Å². The van der Waals surface area contributed by atoms with Crippen LogP contribution in [0.25, 0.3) is 0 Å². The summed E-state index contributed by atoms with van der Waals surface area (Å²) in [4.78, 5) is 12.4. The van der Waals surface area contributed by atoms with Gasteiger partial charge in [-0.2, -0.15) is 0 Å². The van der Waals surface area contributed by atoms with Crippen LogP contribution < -0.4 is 9.62 Å². The van der Waals surface area contributed by atoms with E-state index in [2.05, 4.69) is 12.2 Å². The van der Waals surface area contributed by atoms with Crippen molar-refractivity contribution in [2.75, 3.05) is 22.4 Å². The van der Waals surface area contributed by atoms with Gasteiger partial charge in [-0.05, 0) is 55.5 Å².